The Morgan fingerprint density at radius 1 is 1.22 bits per heavy atom. The lowest BCUT2D eigenvalue weighted by atomic mass is 9.95. The predicted molar refractivity (Wildman–Crippen MR) is 65.5 cm³/mol. The van der Waals surface area contributed by atoms with Crippen LogP contribution in [0.3, 0.4) is 0 Å². The van der Waals surface area contributed by atoms with Gasteiger partial charge in [-0.05, 0) is 38.0 Å². The number of rotatable bonds is 4. The Hall–Kier alpha value is -1.39. The summed E-state index contributed by atoms with van der Waals surface area (Å²) in [4.78, 5) is 11.2. The SMILES string of the molecule is O=C(O)c1nnn(C2CCCCC2)c1CC1CC1. The largest absolute Gasteiger partial charge is 0.476 e. The molecule has 0 saturated heterocycles. The van der Waals surface area contributed by atoms with Gasteiger partial charge >= 0.3 is 5.97 Å². The molecule has 98 valence electrons. The molecule has 1 aromatic rings. The van der Waals surface area contributed by atoms with Crippen molar-refractivity contribution in [3.8, 4) is 0 Å². The van der Waals surface area contributed by atoms with Crippen molar-refractivity contribution in [3.63, 3.8) is 0 Å². The van der Waals surface area contributed by atoms with Crippen LogP contribution in [0.5, 0.6) is 0 Å². The number of carbonyl (C=O) groups is 1. The highest BCUT2D eigenvalue weighted by atomic mass is 16.4. The zero-order valence-corrected chi connectivity index (χ0v) is 10.5. The molecule has 5 heteroatoms. The van der Waals surface area contributed by atoms with Gasteiger partial charge in [-0.3, -0.25) is 0 Å². The van der Waals surface area contributed by atoms with Crippen LogP contribution in [0, 0.1) is 5.92 Å². The summed E-state index contributed by atoms with van der Waals surface area (Å²) in [5.41, 5.74) is 1.03. The summed E-state index contributed by atoms with van der Waals surface area (Å²) < 4.78 is 1.92. The summed E-state index contributed by atoms with van der Waals surface area (Å²) in [5, 5.41) is 17.2. The lowest BCUT2D eigenvalue weighted by Crippen LogP contribution is -2.18. The van der Waals surface area contributed by atoms with E-state index in [4.69, 9.17) is 0 Å². The fraction of sp³-hybridized carbons (Fsp3) is 0.769. The second-order valence-corrected chi connectivity index (χ2v) is 5.57. The minimum Gasteiger partial charge on any atom is -0.476 e. The van der Waals surface area contributed by atoms with E-state index in [1.165, 1.54) is 32.1 Å². The van der Waals surface area contributed by atoms with Gasteiger partial charge in [0.2, 0.25) is 0 Å². The van der Waals surface area contributed by atoms with E-state index in [9.17, 15) is 9.90 Å². The van der Waals surface area contributed by atoms with E-state index in [0.29, 0.717) is 12.0 Å². The van der Waals surface area contributed by atoms with Gasteiger partial charge in [0.25, 0.3) is 0 Å². The summed E-state index contributed by atoms with van der Waals surface area (Å²) in [6.07, 6.45) is 9.22. The molecule has 2 saturated carbocycles. The average molecular weight is 249 g/mol. The van der Waals surface area contributed by atoms with Crippen molar-refractivity contribution in [2.45, 2.75) is 57.4 Å². The highest BCUT2D eigenvalue weighted by molar-refractivity contribution is 5.86. The number of aromatic carboxylic acids is 1. The van der Waals surface area contributed by atoms with Crippen molar-refractivity contribution in [1.29, 1.82) is 0 Å². The van der Waals surface area contributed by atoms with Gasteiger partial charge in [-0.2, -0.15) is 0 Å². The summed E-state index contributed by atoms with van der Waals surface area (Å²) in [6.45, 7) is 0. The normalized spacial score (nSPS) is 21.1. The standard InChI is InChI=1S/C13H19N3O2/c17-13(18)12-11(8-9-6-7-9)16(15-14-12)10-4-2-1-3-5-10/h9-10H,1-8H2,(H,17,18). The highest BCUT2D eigenvalue weighted by Gasteiger charge is 2.30. The van der Waals surface area contributed by atoms with Crippen LogP contribution >= 0.6 is 0 Å². The molecule has 0 aliphatic heterocycles. The third kappa shape index (κ3) is 2.26. The molecule has 2 fully saturated rings. The van der Waals surface area contributed by atoms with E-state index >= 15 is 0 Å². The number of hydrogen-bond donors (Lipinski definition) is 1. The molecule has 1 heterocycles. The van der Waals surface area contributed by atoms with Crippen LogP contribution < -0.4 is 0 Å². The fourth-order valence-electron chi connectivity index (χ4n) is 2.88. The van der Waals surface area contributed by atoms with Crippen LogP contribution in [0.15, 0.2) is 0 Å². The van der Waals surface area contributed by atoms with Crippen molar-refractivity contribution in [2.75, 3.05) is 0 Å². The van der Waals surface area contributed by atoms with Crippen molar-refractivity contribution in [2.24, 2.45) is 5.92 Å². The van der Waals surface area contributed by atoms with Crippen LogP contribution in [0.1, 0.15) is 67.2 Å². The molecule has 0 radical (unpaired) electrons. The van der Waals surface area contributed by atoms with Crippen LogP contribution in [0.4, 0.5) is 0 Å². The number of nitrogens with zero attached hydrogens (tertiary/aromatic N) is 3. The lowest BCUT2D eigenvalue weighted by Gasteiger charge is -2.23. The minimum absolute atomic E-state index is 0.174. The maximum absolute atomic E-state index is 11.2. The van der Waals surface area contributed by atoms with Crippen LogP contribution in [0.2, 0.25) is 0 Å². The van der Waals surface area contributed by atoms with E-state index in [1.54, 1.807) is 0 Å². The van der Waals surface area contributed by atoms with E-state index in [-0.39, 0.29) is 5.69 Å². The average Bonchev–Trinajstić information content (AvgIpc) is 3.08. The van der Waals surface area contributed by atoms with E-state index < -0.39 is 5.97 Å². The van der Waals surface area contributed by atoms with Gasteiger partial charge in [0.15, 0.2) is 5.69 Å². The van der Waals surface area contributed by atoms with Gasteiger partial charge in [0.05, 0.1) is 11.7 Å². The highest BCUT2D eigenvalue weighted by Crippen LogP contribution is 2.35. The predicted octanol–water partition coefficient (Wildman–Crippen LogP) is 2.43. The maximum atomic E-state index is 11.2. The van der Waals surface area contributed by atoms with Gasteiger partial charge in [0.1, 0.15) is 0 Å². The number of carboxylic acids is 1. The van der Waals surface area contributed by atoms with Crippen LogP contribution in [-0.2, 0) is 6.42 Å². The molecule has 1 aromatic heterocycles. The summed E-state index contributed by atoms with van der Waals surface area (Å²) >= 11 is 0. The van der Waals surface area contributed by atoms with Crippen LogP contribution in [0.25, 0.3) is 0 Å². The molecule has 2 aliphatic carbocycles. The van der Waals surface area contributed by atoms with Gasteiger partial charge in [-0.1, -0.05) is 24.5 Å². The monoisotopic (exact) mass is 249 g/mol. The smallest absolute Gasteiger partial charge is 0.358 e. The zero-order valence-electron chi connectivity index (χ0n) is 10.5. The Labute approximate surface area is 106 Å². The quantitative estimate of drug-likeness (QED) is 0.889. The third-order valence-electron chi connectivity index (χ3n) is 4.09. The van der Waals surface area contributed by atoms with Crippen molar-refractivity contribution in [1.82, 2.24) is 15.0 Å². The van der Waals surface area contributed by atoms with Gasteiger partial charge in [-0.25, -0.2) is 9.48 Å². The minimum atomic E-state index is -0.937. The van der Waals surface area contributed by atoms with Crippen molar-refractivity contribution < 1.29 is 9.90 Å². The second kappa shape index (κ2) is 4.71. The summed E-state index contributed by atoms with van der Waals surface area (Å²) in [6, 6.07) is 0.369. The van der Waals surface area contributed by atoms with E-state index in [2.05, 4.69) is 10.3 Å². The van der Waals surface area contributed by atoms with Gasteiger partial charge in [0, 0.05) is 0 Å². The first-order valence-electron chi connectivity index (χ1n) is 6.93. The maximum Gasteiger partial charge on any atom is 0.358 e. The molecule has 0 atom stereocenters. The molecule has 0 bridgehead atoms. The molecule has 2 aliphatic rings. The van der Waals surface area contributed by atoms with E-state index in [0.717, 1.165) is 25.0 Å². The van der Waals surface area contributed by atoms with Gasteiger partial charge in [-0.15, -0.1) is 5.10 Å². The first-order chi connectivity index (χ1) is 8.75. The molecular formula is C13H19N3O2. The molecule has 0 unspecified atom stereocenters. The molecule has 1 N–H and O–H groups in total. The number of hydrogen-bond acceptors (Lipinski definition) is 3. The Balaban J connectivity index is 1.88. The second-order valence-electron chi connectivity index (χ2n) is 5.57. The Morgan fingerprint density at radius 3 is 2.56 bits per heavy atom. The van der Waals surface area contributed by atoms with Gasteiger partial charge < -0.3 is 5.11 Å². The lowest BCUT2D eigenvalue weighted by molar-refractivity contribution is 0.0689. The Morgan fingerprint density at radius 2 is 1.94 bits per heavy atom. The topological polar surface area (TPSA) is 68.0 Å². The number of aromatic nitrogens is 3. The number of carboxylic acid groups (broad SMARTS) is 1. The molecule has 0 amide bonds. The van der Waals surface area contributed by atoms with Crippen molar-refractivity contribution >= 4 is 5.97 Å². The molecule has 0 aromatic carbocycles. The zero-order chi connectivity index (χ0) is 12.5. The molecule has 3 rings (SSSR count). The summed E-state index contributed by atoms with van der Waals surface area (Å²) in [7, 11) is 0. The third-order valence-corrected chi connectivity index (χ3v) is 4.09. The molecule has 18 heavy (non-hydrogen) atoms. The van der Waals surface area contributed by atoms with E-state index in [1.807, 2.05) is 4.68 Å². The Kier molecular flexibility index (Phi) is 3.06. The first kappa shape index (κ1) is 11.7. The fourth-order valence-corrected chi connectivity index (χ4v) is 2.88. The molecule has 5 nitrogen and oxygen atoms in total. The first-order valence-corrected chi connectivity index (χ1v) is 6.93. The van der Waals surface area contributed by atoms with Crippen LogP contribution in [-0.4, -0.2) is 26.1 Å². The Bertz CT molecular complexity index is 445. The molecule has 0 spiro atoms. The van der Waals surface area contributed by atoms with Crippen molar-refractivity contribution in [3.05, 3.63) is 11.4 Å². The molecular weight excluding hydrogens is 230 g/mol. The summed E-state index contributed by atoms with van der Waals surface area (Å²) in [5.74, 6) is -0.281.